The Balaban J connectivity index is 1.50. The lowest BCUT2D eigenvalue weighted by molar-refractivity contribution is -0.127. The maximum Gasteiger partial charge on any atom is 0.246 e. The molecule has 1 aliphatic rings. The predicted molar refractivity (Wildman–Crippen MR) is 128 cm³/mol. The van der Waals surface area contributed by atoms with Crippen LogP contribution in [0.15, 0.2) is 49.6 Å². The molecule has 0 aliphatic carbocycles. The Bertz CT molecular complexity index is 1350. The molecular formula is C23H23ClN8O2. The number of piperidine rings is 1. The lowest BCUT2D eigenvalue weighted by atomic mass is 10.1. The van der Waals surface area contributed by atoms with Gasteiger partial charge in [-0.1, -0.05) is 18.2 Å². The number of aromatic nitrogens is 6. The molecule has 11 heteroatoms. The number of fused-ring (bicyclic) bond motifs is 1. The molecule has 10 nitrogen and oxygen atoms in total. The van der Waals surface area contributed by atoms with Crippen LogP contribution in [0, 0.1) is 0 Å². The van der Waals surface area contributed by atoms with Gasteiger partial charge in [0.05, 0.1) is 16.5 Å². The molecule has 3 N–H and O–H groups in total. The average molecular weight is 479 g/mol. The van der Waals surface area contributed by atoms with Gasteiger partial charge in [-0.3, -0.25) is 4.79 Å². The van der Waals surface area contributed by atoms with Crippen LogP contribution in [0.1, 0.15) is 24.7 Å². The summed E-state index contributed by atoms with van der Waals surface area (Å²) in [6.07, 6.45) is 7.88. The van der Waals surface area contributed by atoms with E-state index >= 15 is 0 Å². The first-order valence-corrected chi connectivity index (χ1v) is 11.2. The molecule has 1 fully saturated rings. The highest BCUT2D eigenvalue weighted by Crippen LogP contribution is 2.36. The summed E-state index contributed by atoms with van der Waals surface area (Å²) in [4.78, 5) is 29.7. The summed E-state index contributed by atoms with van der Waals surface area (Å²) in [5, 5.41) is 5.96. The number of rotatable bonds is 6. The van der Waals surface area contributed by atoms with Gasteiger partial charge in [0.25, 0.3) is 0 Å². The Hall–Kier alpha value is -3.92. The first-order chi connectivity index (χ1) is 16.5. The number of likely N-dealkylation sites (tertiary alicyclic amines) is 1. The van der Waals surface area contributed by atoms with Crippen LogP contribution in [0.5, 0.6) is 5.75 Å². The summed E-state index contributed by atoms with van der Waals surface area (Å²) in [6, 6.07) is 5.40. The standard InChI is InChI=1S/C23H23ClN8O2/c1-2-19(33)31-9-3-4-15(11-31)32-23-20(22(25)28-13-29-23)21(30-32)14-5-6-17(16(24)10-14)34-12-18-26-7-8-27-18/h2,5-8,10,13,15H,1,3-4,9,11-12H2,(H,26,27)(H2,25,28,29). The molecular weight excluding hydrogens is 456 g/mol. The minimum atomic E-state index is -0.0903. The quantitative estimate of drug-likeness (QED) is 0.406. The van der Waals surface area contributed by atoms with Gasteiger partial charge in [0.1, 0.15) is 36.0 Å². The molecule has 5 rings (SSSR count). The second-order valence-corrected chi connectivity index (χ2v) is 8.41. The molecule has 34 heavy (non-hydrogen) atoms. The van der Waals surface area contributed by atoms with Crippen molar-refractivity contribution in [3.63, 3.8) is 0 Å². The molecule has 0 radical (unpaired) electrons. The highest BCUT2D eigenvalue weighted by atomic mass is 35.5. The van der Waals surface area contributed by atoms with Crippen LogP contribution in [-0.4, -0.2) is 53.6 Å². The van der Waals surface area contributed by atoms with Crippen LogP contribution in [0.2, 0.25) is 5.02 Å². The van der Waals surface area contributed by atoms with Crippen LogP contribution in [0.4, 0.5) is 5.82 Å². The first-order valence-electron chi connectivity index (χ1n) is 10.9. The van der Waals surface area contributed by atoms with Crippen molar-refractivity contribution in [3.05, 3.63) is 60.4 Å². The summed E-state index contributed by atoms with van der Waals surface area (Å²) in [6.45, 7) is 5.09. The van der Waals surface area contributed by atoms with Crippen molar-refractivity contribution in [3.8, 4) is 17.0 Å². The third-order valence-electron chi connectivity index (χ3n) is 5.87. The van der Waals surface area contributed by atoms with Gasteiger partial charge >= 0.3 is 0 Å². The molecule has 4 heterocycles. The van der Waals surface area contributed by atoms with Crippen molar-refractivity contribution in [1.82, 2.24) is 34.6 Å². The summed E-state index contributed by atoms with van der Waals surface area (Å²) in [5.41, 5.74) is 8.26. The number of carbonyl (C=O) groups is 1. The summed E-state index contributed by atoms with van der Waals surface area (Å²) >= 11 is 6.53. The number of amides is 1. The van der Waals surface area contributed by atoms with Gasteiger partial charge in [0.15, 0.2) is 5.65 Å². The molecule has 174 valence electrons. The summed E-state index contributed by atoms with van der Waals surface area (Å²) < 4.78 is 7.63. The number of nitrogens with one attached hydrogen (secondary N) is 1. The maximum absolute atomic E-state index is 12.2. The van der Waals surface area contributed by atoms with Crippen molar-refractivity contribution in [2.75, 3.05) is 18.8 Å². The molecule has 1 aliphatic heterocycles. The number of imidazole rings is 1. The van der Waals surface area contributed by atoms with Crippen LogP contribution < -0.4 is 10.5 Å². The fourth-order valence-corrected chi connectivity index (χ4v) is 4.46. The third kappa shape index (κ3) is 4.08. The third-order valence-corrected chi connectivity index (χ3v) is 6.17. The number of H-pyrrole nitrogens is 1. The number of aromatic amines is 1. The van der Waals surface area contributed by atoms with E-state index in [-0.39, 0.29) is 18.6 Å². The number of nitrogens with two attached hydrogens (primary N) is 1. The maximum atomic E-state index is 12.2. The molecule has 1 unspecified atom stereocenters. The van der Waals surface area contributed by atoms with E-state index in [1.165, 1.54) is 12.4 Å². The van der Waals surface area contributed by atoms with Crippen molar-refractivity contribution in [1.29, 1.82) is 0 Å². The number of ether oxygens (including phenoxy) is 1. The number of benzene rings is 1. The van der Waals surface area contributed by atoms with Crippen LogP contribution in [0.3, 0.4) is 0 Å². The Morgan fingerprint density at radius 3 is 3.00 bits per heavy atom. The van der Waals surface area contributed by atoms with Gasteiger partial charge in [0, 0.05) is 31.0 Å². The SMILES string of the molecule is C=CC(=O)N1CCCC(n2nc(-c3ccc(OCc4ncc[nH]4)c(Cl)c3)c3c(N)ncnc32)C1. The Kier molecular flexibility index (Phi) is 5.89. The molecule has 1 saturated heterocycles. The monoisotopic (exact) mass is 478 g/mol. The smallest absolute Gasteiger partial charge is 0.246 e. The van der Waals surface area contributed by atoms with Gasteiger partial charge in [-0.05, 0) is 37.1 Å². The van der Waals surface area contributed by atoms with Gasteiger partial charge in [-0.25, -0.2) is 19.6 Å². The van der Waals surface area contributed by atoms with E-state index < -0.39 is 0 Å². The molecule has 3 aromatic heterocycles. The predicted octanol–water partition coefficient (Wildman–Crippen LogP) is 3.38. The topological polar surface area (TPSA) is 128 Å². The van der Waals surface area contributed by atoms with E-state index in [4.69, 9.17) is 27.2 Å². The minimum absolute atomic E-state index is 0.0467. The van der Waals surface area contributed by atoms with Crippen molar-refractivity contribution in [2.24, 2.45) is 0 Å². The van der Waals surface area contributed by atoms with Gasteiger partial charge in [-0.2, -0.15) is 5.10 Å². The molecule has 1 atom stereocenters. The Labute approximate surface area is 200 Å². The van der Waals surface area contributed by atoms with Crippen LogP contribution in [-0.2, 0) is 11.4 Å². The Morgan fingerprint density at radius 2 is 2.24 bits per heavy atom. The number of hydrogen-bond acceptors (Lipinski definition) is 7. The molecule has 0 bridgehead atoms. The largest absolute Gasteiger partial charge is 0.484 e. The highest BCUT2D eigenvalue weighted by Gasteiger charge is 2.28. The normalized spacial score (nSPS) is 16.0. The number of carbonyl (C=O) groups excluding carboxylic acids is 1. The van der Waals surface area contributed by atoms with E-state index in [2.05, 4.69) is 26.5 Å². The van der Waals surface area contributed by atoms with Gasteiger partial charge < -0.3 is 20.4 Å². The minimum Gasteiger partial charge on any atom is -0.484 e. The van der Waals surface area contributed by atoms with E-state index in [9.17, 15) is 4.79 Å². The van der Waals surface area contributed by atoms with E-state index in [0.29, 0.717) is 52.2 Å². The number of nitrogen functional groups attached to an aromatic ring is 1. The molecule has 0 saturated carbocycles. The second kappa shape index (κ2) is 9.14. The second-order valence-electron chi connectivity index (χ2n) is 8.00. The van der Waals surface area contributed by atoms with Gasteiger partial charge in [-0.15, -0.1) is 0 Å². The number of halogens is 1. The molecule has 1 amide bonds. The van der Waals surface area contributed by atoms with Crippen LogP contribution in [0.25, 0.3) is 22.3 Å². The zero-order valence-corrected chi connectivity index (χ0v) is 19.1. The lowest BCUT2D eigenvalue weighted by Crippen LogP contribution is -2.40. The average Bonchev–Trinajstić information content (AvgIpc) is 3.51. The fraction of sp³-hybridized carbons (Fsp3) is 0.261. The lowest BCUT2D eigenvalue weighted by Gasteiger charge is -2.32. The van der Waals surface area contributed by atoms with Crippen molar-refractivity contribution in [2.45, 2.75) is 25.5 Å². The molecule has 0 spiro atoms. The Morgan fingerprint density at radius 1 is 1.35 bits per heavy atom. The van der Waals surface area contributed by atoms with Crippen molar-refractivity contribution < 1.29 is 9.53 Å². The fourth-order valence-electron chi connectivity index (χ4n) is 4.22. The summed E-state index contributed by atoms with van der Waals surface area (Å²) in [7, 11) is 0. The number of nitrogens with zero attached hydrogens (tertiary/aromatic N) is 6. The first kappa shape index (κ1) is 21.9. The van der Waals surface area contributed by atoms with Crippen molar-refractivity contribution >= 4 is 34.4 Å². The number of anilines is 1. The molecule has 1 aromatic carbocycles. The zero-order valence-electron chi connectivity index (χ0n) is 18.3. The van der Waals surface area contributed by atoms with Gasteiger partial charge in [0.2, 0.25) is 5.91 Å². The molecule has 4 aromatic rings. The number of hydrogen-bond donors (Lipinski definition) is 2. The van der Waals surface area contributed by atoms with E-state index in [0.717, 1.165) is 18.4 Å². The van der Waals surface area contributed by atoms with E-state index in [1.54, 1.807) is 29.4 Å². The van der Waals surface area contributed by atoms with E-state index in [1.807, 2.05) is 10.7 Å². The van der Waals surface area contributed by atoms with Crippen LogP contribution >= 0.6 is 11.6 Å². The summed E-state index contributed by atoms with van der Waals surface area (Å²) in [5.74, 6) is 1.47. The highest BCUT2D eigenvalue weighted by molar-refractivity contribution is 6.32. The zero-order chi connectivity index (χ0) is 23.7.